The van der Waals surface area contributed by atoms with Crippen LogP contribution in [0.1, 0.15) is 34.6 Å². The molecule has 25 heavy (non-hydrogen) atoms. The Balaban J connectivity index is 1.63. The van der Waals surface area contributed by atoms with Crippen molar-refractivity contribution in [3.8, 4) is 0 Å². The lowest BCUT2D eigenvalue weighted by atomic mass is 10.1. The van der Waals surface area contributed by atoms with Crippen LogP contribution in [0.4, 0.5) is 5.95 Å². The van der Waals surface area contributed by atoms with E-state index < -0.39 is 0 Å². The highest BCUT2D eigenvalue weighted by atomic mass is 16.1. The van der Waals surface area contributed by atoms with E-state index in [0.29, 0.717) is 18.2 Å². The molecule has 0 aliphatic carbocycles. The van der Waals surface area contributed by atoms with Crippen molar-refractivity contribution >= 4 is 11.9 Å². The number of rotatable bonds is 6. The van der Waals surface area contributed by atoms with E-state index in [2.05, 4.69) is 25.6 Å². The fraction of sp³-hybridized carbons (Fsp3) is 0.158. The van der Waals surface area contributed by atoms with E-state index in [1.807, 2.05) is 49.4 Å². The highest BCUT2D eigenvalue weighted by molar-refractivity contribution is 5.92. The van der Waals surface area contributed by atoms with Crippen LogP contribution in [0.3, 0.4) is 0 Å². The molecule has 2 aromatic heterocycles. The zero-order valence-corrected chi connectivity index (χ0v) is 13.9. The summed E-state index contributed by atoms with van der Waals surface area (Å²) in [5.41, 5.74) is 2.43. The molecule has 6 nitrogen and oxygen atoms in total. The Bertz CT molecular complexity index is 823. The monoisotopic (exact) mass is 333 g/mol. The van der Waals surface area contributed by atoms with Gasteiger partial charge in [-0.1, -0.05) is 30.3 Å². The number of hydrogen-bond donors (Lipinski definition) is 2. The Morgan fingerprint density at radius 3 is 2.56 bits per heavy atom. The molecule has 0 bridgehead atoms. The third-order valence-corrected chi connectivity index (χ3v) is 3.74. The molecular formula is C19H19N5O. The summed E-state index contributed by atoms with van der Waals surface area (Å²) < 4.78 is 0. The fourth-order valence-electron chi connectivity index (χ4n) is 2.35. The molecule has 6 heteroatoms. The van der Waals surface area contributed by atoms with Crippen molar-refractivity contribution in [1.82, 2.24) is 20.3 Å². The lowest BCUT2D eigenvalue weighted by Gasteiger charge is -2.14. The number of carbonyl (C=O) groups is 1. The summed E-state index contributed by atoms with van der Waals surface area (Å²) in [6.45, 7) is 2.50. The molecule has 1 aromatic carbocycles. The molecule has 0 saturated heterocycles. The van der Waals surface area contributed by atoms with E-state index in [9.17, 15) is 4.79 Å². The number of aromatic nitrogens is 3. The summed E-state index contributed by atoms with van der Waals surface area (Å²) in [6, 6.07) is 15.1. The van der Waals surface area contributed by atoms with Crippen molar-refractivity contribution in [2.75, 3.05) is 5.32 Å². The van der Waals surface area contributed by atoms with Gasteiger partial charge in [0.05, 0.1) is 6.04 Å². The molecule has 0 radical (unpaired) electrons. The molecule has 1 atom stereocenters. The molecule has 0 spiro atoms. The van der Waals surface area contributed by atoms with Gasteiger partial charge in [0.2, 0.25) is 5.95 Å². The molecule has 2 heterocycles. The van der Waals surface area contributed by atoms with Gasteiger partial charge in [0.15, 0.2) is 0 Å². The lowest BCUT2D eigenvalue weighted by Crippen LogP contribution is -2.27. The SMILES string of the molecule is CC(NC(=O)c1ccnc(NCc2ccncc2)n1)c1ccccc1. The first-order chi connectivity index (χ1) is 12.2. The van der Waals surface area contributed by atoms with Crippen LogP contribution in [-0.4, -0.2) is 20.9 Å². The lowest BCUT2D eigenvalue weighted by molar-refractivity contribution is 0.0935. The van der Waals surface area contributed by atoms with Gasteiger partial charge in [-0.25, -0.2) is 9.97 Å². The molecule has 1 unspecified atom stereocenters. The Labute approximate surface area is 146 Å². The molecule has 3 rings (SSSR count). The zero-order valence-electron chi connectivity index (χ0n) is 13.9. The van der Waals surface area contributed by atoms with Gasteiger partial charge in [0, 0.05) is 25.1 Å². The number of benzene rings is 1. The topological polar surface area (TPSA) is 79.8 Å². The van der Waals surface area contributed by atoms with Gasteiger partial charge in [0.1, 0.15) is 5.69 Å². The molecule has 1 amide bonds. The van der Waals surface area contributed by atoms with Crippen molar-refractivity contribution in [2.24, 2.45) is 0 Å². The highest BCUT2D eigenvalue weighted by Crippen LogP contribution is 2.12. The van der Waals surface area contributed by atoms with Crippen LogP contribution in [0.2, 0.25) is 0 Å². The van der Waals surface area contributed by atoms with E-state index in [-0.39, 0.29) is 11.9 Å². The van der Waals surface area contributed by atoms with Gasteiger partial charge in [-0.05, 0) is 36.2 Å². The van der Waals surface area contributed by atoms with E-state index in [1.54, 1.807) is 24.7 Å². The van der Waals surface area contributed by atoms with Gasteiger partial charge in [-0.15, -0.1) is 0 Å². The average molecular weight is 333 g/mol. The second-order valence-corrected chi connectivity index (χ2v) is 5.58. The Hall–Kier alpha value is -3.28. The first-order valence-corrected chi connectivity index (χ1v) is 8.04. The second-order valence-electron chi connectivity index (χ2n) is 5.58. The van der Waals surface area contributed by atoms with Crippen molar-refractivity contribution in [3.63, 3.8) is 0 Å². The molecule has 0 fully saturated rings. The van der Waals surface area contributed by atoms with E-state index in [1.165, 1.54) is 0 Å². The maximum Gasteiger partial charge on any atom is 0.270 e. The van der Waals surface area contributed by atoms with Crippen molar-refractivity contribution < 1.29 is 4.79 Å². The summed E-state index contributed by atoms with van der Waals surface area (Å²) in [4.78, 5) is 24.8. The van der Waals surface area contributed by atoms with Gasteiger partial charge < -0.3 is 10.6 Å². The Kier molecular flexibility index (Phi) is 5.31. The minimum atomic E-state index is -0.231. The predicted octanol–water partition coefficient (Wildman–Crippen LogP) is 2.97. The van der Waals surface area contributed by atoms with Gasteiger partial charge in [-0.3, -0.25) is 9.78 Å². The number of amides is 1. The predicted molar refractivity (Wildman–Crippen MR) is 95.9 cm³/mol. The molecule has 0 aliphatic rings. The Morgan fingerprint density at radius 1 is 1.04 bits per heavy atom. The summed E-state index contributed by atoms with van der Waals surface area (Å²) in [5, 5.41) is 6.06. The van der Waals surface area contributed by atoms with Crippen LogP contribution < -0.4 is 10.6 Å². The number of pyridine rings is 1. The molecule has 0 saturated carbocycles. The standard InChI is InChI=1S/C19H19N5O/c1-14(16-5-3-2-4-6-16)23-18(25)17-9-12-21-19(24-17)22-13-15-7-10-20-11-8-15/h2-12,14H,13H2,1H3,(H,23,25)(H,21,22,24). The van der Waals surface area contributed by atoms with Crippen LogP contribution in [0.25, 0.3) is 0 Å². The van der Waals surface area contributed by atoms with Crippen molar-refractivity contribution in [2.45, 2.75) is 19.5 Å². The summed E-state index contributed by atoms with van der Waals surface area (Å²) >= 11 is 0. The van der Waals surface area contributed by atoms with Crippen LogP contribution >= 0.6 is 0 Å². The van der Waals surface area contributed by atoms with Gasteiger partial charge in [0.25, 0.3) is 5.91 Å². The van der Waals surface area contributed by atoms with Crippen molar-refractivity contribution in [1.29, 1.82) is 0 Å². The zero-order chi connectivity index (χ0) is 17.5. The smallest absolute Gasteiger partial charge is 0.270 e. The quantitative estimate of drug-likeness (QED) is 0.725. The van der Waals surface area contributed by atoms with E-state index in [4.69, 9.17) is 0 Å². The molecule has 3 aromatic rings. The normalized spacial score (nSPS) is 11.6. The van der Waals surface area contributed by atoms with Gasteiger partial charge >= 0.3 is 0 Å². The van der Waals surface area contributed by atoms with Crippen LogP contribution in [0, 0.1) is 0 Å². The number of carbonyl (C=O) groups excluding carboxylic acids is 1. The number of anilines is 1. The first kappa shape index (κ1) is 16.6. The Morgan fingerprint density at radius 2 is 1.80 bits per heavy atom. The maximum absolute atomic E-state index is 12.4. The molecule has 2 N–H and O–H groups in total. The molecular weight excluding hydrogens is 314 g/mol. The largest absolute Gasteiger partial charge is 0.350 e. The third-order valence-electron chi connectivity index (χ3n) is 3.74. The fourth-order valence-corrected chi connectivity index (χ4v) is 2.35. The average Bonchev–Trinajstić information content (AvgIpc) is 2.68. The summed E-state index contributed by atoms with van der Waals surface area (Å²) in [7, 11) is 0. The highest BCUT2D eigenvalue weighted by Gasteiger charge is 2.13. The van der Waals surface area contributed by atoms with Crippen molar-refractivity contribution in [3.05, 3.63) is 83.9 Å². The van der Waals surface area contributed by atoms with Crippen LogP contribution in [0.5, 0.6) is 0 Å². The minimum Gasteiger partial charge on any atom is -0.350 e. The van der Waals surface area contributed by atoms with Crippen LogP contribution in [-0.2, 0) is 6.54 Å². The van der Waals surface area contributed by atoms with E-state index in [0.717, 1.165) is 11.1 Å². The number of nitrogens with zero attached hydrogens (tertiary/aromatic N) is 3. The van der Waals surface area contributed by atoms with Gasteiger partial charge in [-0.2, -0.15) is 0 Å². The summed E-state index contributed by atoms with van der Waals surface area (Å²) in [5.74, 6) is 0.183. The summed E-state index contributed by atoms with van der Waals surface area (Å²) in [6.07, 6.45) is 5.03. The molecule has 0 aliphatic heterocycles. The van der Waals surface area contributed by atoms with Crippen LogP contribution in [0.15, 0.2) is 67.1 Å². The second kappa shape index (κ2) is 8.01. The van der Waals surface area contributed by atoms with E-state index >= 15 is 0 Å². The maximum atomic E-state index is 12.4. The first-order valence-electron chi connectivity index (χ1n) is 8.04. The molecule has 126 valence electrons. The number of nitrogens with one attached hydrogen (secondary N) is 2. The third kappa shape index (κ3) is 4.60. The minimum absolute atomic E-state index is 0.100. The number of hydrogen-bond acceptors (Lipinski definition) is 5.